The number of aryl methyl sites for hydroxylation is 1. The maximum Gasteiger partial charge on any atom is 0.0503 e. The van der Waals surface area contributed by atoms with E-state index in [0.29, 0.717) is 0 Å². The van der Waals surface area contributed by atoms with Crippen LogP contribution in [0, 0.1) is 0 Å². The molecule has 0 aromatic heterocycles. The van der Waals surface area contributed by atoms with Crippen molar-refractivity contribution in [1.82, 2.24) is 5.43 Å². The fourth-order valence-corrected chi connectivity index (χ4v) is 2.30. The molecule has 0 amide bonds. The minimum absolute atomic E-state index is 0.170. The summed E-state index contributed by atoms with van der Waals surface area (Å²) in [6.07, 6.45) is 1.94. The van der Waals surface area contributed by atoms with Gasteiger partial charge in [-0.15, -0.1) is 0 Å². The molecule has 0 bridgehead atoms. The van der Waals surface area contributed by atoms with Crippen LogP contribution in [0.3, 0.4) is 0 Å². The van der Waals surface area contributed by atoms with E-state index in [1.165, 1.54) is 16.7 Å². The number of hydrogen-bond donors (Lipinski definition) is 2. The smallest absolute Gasteiger partial charge is 0.0503 e. The topological polar surface area (TPSA) is 38.0 Å². The van der Waals surface area contributed by atoms with E-state index in [2.05, 4.69) is 60.9 Å². The van der Waals surface area contributed by atoms with E-state index in [-0.39, 0.29) is 6.04 Å². The van der Waals surface area contributed by atoms with Gasteiger partial charge in [0.15, 0.2) is 0 Å². The fourth-order valence-electron chi connectivity index (χ4n) is 2.30. The molecule has 1 atom stereocenters. The lowest BCUT2D eigenvalue weighted by Crippen LogP contribution is -2.30. The van der Waals surface area contributed by atoms with Gasteiger partial charge >= 0.3 is 0 Å². The molecule has 0 heterocycles. The second kappa shape index (κ2) is 6.34. The number of nitrogens with two attached hydrogens (primary N) is 1. The third kappa shape index (κ3) is 2.97. The zero-order valence-corrected chi connectivity index (χ0v) is 10.8. The zero-order valence-electron chi connectivity index (χ0n) is 10.8. The SMILES string of the molecule is CCc1ccccc1C(Cc1ccccc1)NN. The van der Waals surface area contributed by atoms with Crippen LogP contribution in [0.4, 0.5) is 0 Å². The Morgan fingerprint density at radius 3 is 2.33 bits per heavy atom. The normalized spacial score (nSPS) is 12.3. The van der Waals surface area contributed by atoms with Gasteiger partial charge < -0.3 is 0 Å². The minimum Gasteiger partial charge on any atom is -0.271 e. The molecule has 0 aliphatic heterocycles. The molecule has 0 spiro atoms. The van der Waals surface area contributed by atoms with Crippen molar-refractivity contribution in [2.45, 2.75) is 25.8 Å². The van der Waals surface area contributed by atoms with E-state index in [0.717, 1.165) is 12.8 Å². The maximum atomic E-state index is 5.73. The summed E-state index contributed by atoms with van der Waals surface area (Å²) in [5.74, 6) is 5.73. The molecule has 94 valence electrons. The number of hydrazine groups is 1. The minimum atomic E-state index is 0.170. The molecular weight excluding hydrogens is 220 g/mol. The maximum absolute atomic E-state index is 5.73. The molecule has 0 aliphatic carbocycles. The summed E-state index contributed by atoms with van der Waals surface area (Å²) in [7, 11) is 0. The lowest BCUT2D eigenvalue weighted by Gasteiger charge is -2.19. The van der Waals surface area contributed by atoms with Crippen molar-refractivity contribution >= 4 is 0 Å². The molecule has 0 aliphatic rings. The summed E-state index contributed by atoms with van der Waals surface area (Å²) in [5.41, 5.74) is 6.89. The van der Waals surface area contributed by atoms with E-state index in [1.54, 1.807) is 0 Å². The van der Waals surface area contributed by atoms with Crippen LogP contribution in [0.5, 0.6) is 0 Å². The van der Waals surface area contributed by atoms with Crippen molar-refractivity contribution in [2.24, 2.45) is 5.84 Å². The first-order chi connectivity index (χ1) is 8.85. The summed E-state index contributed by atoms with van der Waals surface area (Å²) < 4.78 is 0. The van der Waals surface area contributed by atoms with Crippen molar-refractivity contribution in [3.8, 4) is 0 Å². The molecule has 1 unspecified atom stereocenters. The van der Waals surface area contributed by atoms with E-state index in [4.69, 9.17) is 5.84 Å². The Morgan fingerprint density at radius 1 is 1.00 bits per heavy atom. The summed E-state index contributed by atoms with van der Waals surface area (Å²) in [5, 5.41) is 0. The predicted octanol–water partition coefficient (Wildman–Crippen LogP) is 3.00. The van der Waals surface area contributed by atoms with E-state index in [9.17, 15) is 0 Å². The summed E-state index contributed by atoms with van der Waals surface area (Å²) in [6, 6.07) is 19.1. The van der Waals surface area contributed by atoms with E-state index >= 15 is 0 Å². The first-order valence-electron chi connectivity index (χ1n) is 6.43. The molecule has 2 aromatic rings. The quantitative estimate of drug-likeness (QED) is 0.623. The largest absolute Gasteiger partial charge is 0.271 e. The molecule has 18 heavy (non-hydrogen) atoms. The molecule has 2 aromatic carbocycles. The van der Waals surface area contributed by atoms with E-state index < -0.39 is 0 Å². The predicted molar refractivity (Wildman–Crippen MR) is 76.0 cm³/mol. The lowest BCUT2D eigenvalue weighted by molar-refractivity contribution is 0.548. The monoisotopic (exact) mass is 240 g/mol. The van der Waals surface area contributed by atoms with Gasteiger partial charge in [0, 0.05) is 0 Å². The summed E-state index contributed by atoms with van der Waals surface area (Å²) >= 11 is 0. The Labute approximate surface area is 109 Å². The van der Waals surface area contributed by atoms with Crippen LogP contribution in [0.15, 0.2) is 54.6 Å². The third-order valence-electron chi connectivity index (χ3n) is 3.30. The average molecular weight is 240 g/mol. The van der Waals surface area contributed by atoms with Crippen LogP contribution in [0.1, 0.15) is 29.7 Å². The lowest BCUT2D eigenvalue weighted by atomic mass is 9.94. The van der Waals surface area contributed by atoms with Crippen LogP contribution in [0.25, 0.3) is 0 Å². The third-order valence-corrected chi connectivity index (χ3v) is 3.30. The molecule has 2 nitrogen and oxygen atoms in total. The van der Waals surface area contributed by atoms with Crippen LogP contribution in [0.2, 0.25) is 0 Å². The Hall–Kier alpha value is -1.64. The highest BCUT2D eigenvalue weighted by Crippen LogP contribution is 2.21. The van der Waals surface area contributed by atoms with Crippen LogP contribution < -0.4 is 11.3 Å². The number of hydrogen-bond acceptors (Lipinski definition) is 2. The summed E-state index contributed by atoms with van der Waals surface area (Å²) in [4.78, 5) is 0. The molecule has 0 saturated carbocycles. The van der Waals surface area contributed by atoms with Crippen molar-refractivity contribution in [2.75, 3.05) is 0 Å². The van der Waals surface area contributed by atoms with Gasteiger partial charge in [0.2, 0.25) is 0 Å². The molecular formula is C16H20N2. The van der Waals surface area contributed by atoms with Gasteiger partial charge in [-0.1, -0.05) is 61.5 Å². The first kappa shape index (κ1) is 12.8. The standard InChI is InChI=1S/C16H20N2/c1-2-14-10-6-7-11-15(14)16(18-17)12-13-8-4-3-5-9-13/h3-11,16,18H,2,12,17H2,1H3. The van der Waals surface area contributed by atoms with Crippen molar-refractivity contribution in [3.63, 3.8) is 0 Å². The highest BCUT2D eigenvalue weighted by molar-refractivity contribution is 5.31. The van der Waals surface area contributed by atoms with Crippen molar-refractivity contribution in [1.29, 1.82) is 0 Å². The summed E-state index contributed by atoms with van der Waals surface area (Å²) in [6.45, 7) is 2.18. The average Bonchev–Trinajstić information content (AvgIpc) is 2.46. The fraction of sp³-hybridized carbons (Fsp3) is 0.250. The molecule has 3 N–H and O–H groups in total. The molecule has 0 saturated heterocycles. The van der Waals surface area contributed by atoms with Crippen molar-refractivity contribution < 1.29 is 0 Å². The zero-order chi connectivity index (χ0) is 12.8. The van der Waals surface area contributed by atoms with Crippen LogP contribution in [-0.4, -0.2) is 0 Å². The van der Waals surface area contributed by atoms with E-state index in [1.807, 2.05) is 6.07 Å². The van der Waals surface area contributed by atoms with Gasteiger partial charge in [0.25, 0.3) is 0 Å². The molecule has 0 radical (unpaired) electrons. The van der Waals surface area contributed by atoms with Gasteiger partial charge in [-0.05, 0) is 29.5 Å². The van der Waals surface area contributed by atoms with Gasteiger partial charge in [0.05, 0.1) is 6.04 Å². The van der Waals surface area contributed by atoms with Gasteiger partial charge in [0.1, 0.15) is 0 Å². The number of nitrogens with one attached hydrogen (secondary N) is 1. The van der Waals surface area contributed by atoms with Gasteiger partial charge in [-0.25, -0.2) is 0 Å². The Balaban J connectivity index is 2.23. The van der Waals surface area contributed by atoms with Crippen LogP contribution >= 0.6 is 0 Å². The second-order valence-electron chi connectivity index (χ2n) is 4.46. The van der Waals surface area contributed by atoms with Gasteiger partial charge in [-0.3, -0.25) is 11.3 Å². The second-order valence-corrected chi connectivity index (χ2v) is 4.46. The van der Waals surface area contributed by atoms with Gasteiger partial charge in [-0.2, -0.15) is 0 Å². The highest BCUT2D eigenvalue weighted by atomic mass is 15.2. The number of benzene rings is 2. The molecule has 2 rings (SSSR count). The Bertz CT molecular complexity index is 479. The first-order valence-corrected chi connectivity index (χ1v) is 6.43. The molecule has 0 fully saturated rings. The van der Waals surface area contributed by atoms with Crippen molar-refractivity contribution in [3.05, 3.63) is 71.3 Å². The molecule has 2 heteroatoms. The number of rotatable bonds is 5. The Kier molecular flexibility index (Phi) is 4.51. The highest BCUT2D eigenvalue weighted by Gasteiger charge is 2.13. The Morgan fingerprint density at radius 2 is 1.67 bits per heavy atom. The van der Waals surface area contributed by atoms with Crippen LogP contribution in [-0.2, 0) is 12.8 Å².